The summed E-state index contributed by atoms with van der Waals surface area (Å²) in [5, 5.41) is 0.296. The number of anilines is 1. The Balaban J connectivity index is 1.91. The van der Waals surface area contributed by atoms with Crippen molar-refractivity contribution in [2.75, 3.05) is 11.9 Å². The first-order valence-corrected chi connectivity index (χ1v) is 11.0. The first-order chi connectivity index (χ1) is 12.5. The third-order valence-corrected chi connectivity index (χ3v) is 7.91. The molecule has 0 amide bonds. The molecular weight excluding hydrogens is 396 g/mol. The highest BCUT2D eigenvalue weighted by atomic mass is 31.2. The maximum Gasteiger partial charge on any atom is 0.342 e. The Hall–Kier alpha value is -2.12. The number of nitrogens with one attached hydrogen (secondary N) is 1. The molecule has 0 bridgehead atoms. The Labute approximate surface area is 153 Å². The molecule has 0 atom stereocenters. The zero-order valence-corrected chi connectivity index (χ0v) is 15.4. The predicted molar refractivity (Wildman–Crippen MR) is 96.1 cm³/mol. The van der Waals surface area contributed by atoms with Crippen LogP contribution in [0, 0.1) is 0 Å². The van der Waals surface area contributed by atoms with E-state index in [1.54, 1.807) is 18.2 Å². The van der Waals surface area contributed by atoms with Gasteiger partial charge in [0.25, 0.3) is 0 Å². The van der Waals surface area contributed by atoms with Crippen molar-refractivity contribution >= 4 is 32.4 Å². The molecule has 0 fully saturated rings. The maximum atomic E-state index is 12.6. The maximum absolute atomic E-state index is 12.6. The van der Waals surface area contributed by atoms with Gasteiger partial charge >= 0.3 is 15.2 Å². The van der Waals surface area contributed by atoms with Crippen LogP contribution in [-0.4, -0.2) is 43.1 Å². The van der Waals surface area contributed by atoms with Crippen LogP contribution in [0.3, 0.4) is 0 Å². The van der Waals surface area contributed by atoms with Crippen molar-refractivity contribution in [3.63, 3.8) is 0 Å². The van der Waals surface area contributed by atoms with Gasteiger partial charge in [-0.25, -0.2) is 0 Å². The van der Waals surface area contributed by atoms with E-state index in [1.165, 1.54) is 24.3 Å². The SMILES string of the molecule is O=C1c2ccccc2C(=O)c2cc(NCC(P(=O)(O)O)P(=O)(O)O)ccc21. The third-order valence-electron chi connectivity index (χ3n) is 4.19. The predicted octanol–water partition coefficient (Wildman–Crippen LogP) is 1.56. The molecule has 0 radical (unpaired) electrons. The van der Waals surface area contributed by atoms with Gasteiger partial charge in [-0.1, -0.05) is 24.3 Å². The molecule has 2 aromatic carbocycles. The van der Waals surface area contributed by atoms with Crippen molar-refractivity contribution in [1.82, 2.24) is 0 Å². The smallest absolute Gasteiger partial charge is 0.342 e. The minimum absolute atomic E-state index is 0.104. The molecule has 2 aromatic rings. The van der Waals surface area contributed by atoms with Gasteiger partial charge in [-0.2, -0.15) is 0 Å². The molecular formula is C16H15NO8P2. The average molecular weight is 411 g/mol. The van der Waals surface area contributed by atoms with Crippen LogP contribution in [-0.2, 0) is 9.13 Å². The summed E-state index contributed by atoms with van der Waals surface area (Å²) >= 11 is 0. The molecule has 0 aromatic heterocycles. The summed E-state index contributed by atoms with van der Waals surface area (Å²) in [4.78, 5) is 61.7. The Morgan fingerprint density at radius 3 is 1.78 bits per heavy atom. The number of hydrogen-bond acceptors (Lipinski definition) is 5. The second-order valence-corrected chi connectivity index (χ2v) is 10.0. The van der Waals surface area contributed by atoms with Gasteiger partial charge in [-0.05, 0) is 18.2 Å². The molecule has 11 heteroatoms. The average Bonchev–Trinajstić information content (AvgIpc) is 2.57. The van der Waals surface area contributed by atoms with Crippen LogP contribution >= 0.6 is 15.2 Å². The fraction of sp³-hybridized carbons (Fsp3) is 0.125. The molecule has 0 aliphatic heterocycles. The van der Waals surface area contributed by atoms with Crippen LogP contribution in [0.15, 0.2) is 42.5 Å². The normalized spacial score (nSPS) is 14.1. The van der Waals surface area contributed by atoms with Crippen LogP contribution in [0.1, 0.15) is 31.8 Å². The second-order valence-electron chi connectivity index (χ2n) is 6.00. The molecule has 3 rings (SSSR count). The lowest BCUT2D eigenvalue weighted by molar-refractivity contribution is 0.0979. The van der Waals surface area contributed by atoms with Gasteiger partial charge in [0, 0.05) is 34.5 Å². The Bertz CT molecular complexity index is 1020. The number of hydrogen-bond donors (Lipinski definition) is 5. The molecule has 0 saturated heterocycles. The number of rotatable bonds is 5. The molecule has 27 heavy (non-hydrogen) atoms. The van der Waals surface area contributed by atoms with Gasteiger partial charge < -0.3 is 24.9 Å². The van der Waals surface area contributed by atoms with E-state index in [0.29, 0.717) is 5.56 Å². The number of ketones is 2. The Morgan fingerprint density at radius 1 is 0.778 bits per heavy atom. The highest BCUT2D eigenvalue weighted by molar-refractivity contribution is 7.70. The standard InChI is InChI=1S/C16H15NO8P2/c18-15-10-3-1-2-4-11(10)16(19)13-7-9(5-6-12(13)15)17-8-14(26(20,21)22)27(23,24)25/h1-7,14,17H,8H2,(H2,20,21,22)(H2,23,24,25). The summed E-state index contributed by atoms with van der Waals surface area (Å²) in [7, 11) is -10.1. The van der Waals surface area contributed by atoms with Crippen LogP contribution in [0.4, 0.5) is 5.69 Å². The van der Waals surface area contributed by atoms with E-state index >= 15 is 0 Å². The summed E-state index contributed by atoms with van der Waals surface area (Å²) in [6.45, 7) is -0.716. The van der Waals surface area contributed by atoms with Crippen molar-refractivity contribution in [2.24, 2.45) is 0 Å². The van der Waals surface area contributed by atoms with Crippen LogP contribution in [0.2, 0.25) is 0 Å². The lowest BCUT2D eigenvalue weighted by Gasteiger charge is -2.21. The Kier molecular flexibility index (Phi) is 4.94. The topological polar surface area (TPSA) is 161 Å². The van der Waals surface area contributed by atoms with E-state index in [1.807, 2.05) is 0 Å². The van der Waals surface area contributed by atoms with Crippen molar-refractivity contribution in [3.8, 4) is 0 Å². The van der Waals surface area contributed by atoms with Gasteiger partial charge in [0.05, 0.1) is 0 Å². The lowest BCUT2D eigenvalue weighted by atomic mass is 9.84. The van der Waals surface area contributed by atoms with E-state index in [0.717, 1.165) is 0 Å². The number of carbonyl (C=O) groups excluding carboxylic acids is 2. The first-order valence-electron chi connectivity index (χ1n) is 7.67. The molecule has 1 aliphatic carbocycles. The molecule has 142 valence electrons. The molecule has 5 N–H and O–H groups in total. The molecule has 0 unspecified atom stereocenters. The minimum Gasteiger partial charge on any atom is -0.383 e. The largest absolute Gasteiger partial charge is 0.383 e. The number of carbonyl (C=O) groups is 2. The van der Waals surface area contributed by atoms with E-state index in [2.05, 4.69) is 5.32 Å². The van der Waals surface area contributed by atoms with Crippen molar-refractivity contribution in [2.45, 2.75) is 5.40 Å². The third kappa shape index (κ3) is 3.80. The van der Waals surface area contributed by atoms with Crippen LogP contribution < -0.4 is 5.32 Å². The van der Waals surface area contributed by atoms with Crippen LogP contribution in [0.5, 0.6) is 0 Å². The summed E-state index contributed by atoms with van der Waals surface area (Å²) in [6.07, 6.45) is 0. The van der Waals surface area contributed by atoms with Crippen molar-refractivity contribution in [3.05, 3.63) is 64.7 Å². The fourth-order valence-electron chi connectivity index (χ4n) is 2.85. The molecule has 1 aliphatic rings. The number of benzene rings is 2. The molecule has 0 saturated carbocycles. The quantitative estimate of drug-likeness (QED) is 0.392. The van der Waals surface area contributed by atoms with Gasteiger partial charge in [0.1, 0.15) is 0 Å². The minimum atomic E-state index is -5.07. The van der Waals surface area contributed by atoms with Crippen molar-refractivity contribution < 1.29 is 38.3 Å². The fourth-order valence-corrected chi connectivity index (χ4v) is 5.08. The van der Waals surface area contributed by atoms with Crippen LogP contribution in [0.25, 0.3) is 0 Å². The molecule has 0 heterocycles. The summed E-state index contributed by atoms with van der Waals surface area (Å²) in [5.41, 5.74) is 1.02. The van der Waals surface area contributed by atoms with Gasteiger partial charge in [0.2, 0.25) is 0 Å². The molecule has 0 spiro atoms. The zero-order chi connectivity index (χ0) is 20.0. The van der Waals surface area contributed by atoms with Gasteiger partial charge in [-0.15, -0.1) is 0 Å². The molecule has 9 nitrogen and oxygen atoms in total. The van der Waals surface area contributed by atoms with Gasteiger partial charge in [-0.3, -0.25) is 18.7 Å². The zero-order valence-electron chi connectivity index (χ0n) is 13.6. The lowest BCUT2D eigenvalue weighted by Crippen LogP contribution is -2.22. The monoisotopic (exact) mass is 411 g/mol. The summed E-state index contributed by atoms with van der Waals surface area (Å²) in [5.74, 6) is -0.708. The highest BCUT2D eigenvalue weighted by Gasteiger charge is 2.43. The van der Waals surface area contributed by atoms with E-state index in [9.17, 15) is 18.7 Å². The van der Waals surface area contributed by atoms with E-state index in [4.69, 9.17) is 19.6 Å². The van der Waals surface area contributed by atoms with Gasteiger partial charge in [0.15, 0.2) is 17.0 Å². The summed E-state index contributed by atoms with van der Waals surface area (Å²) in [6, 6.07) is 10.5. The Morgan fingerprint density at radius 2 is 1.26 bits per heavy atom. The van der Waals surface area contributed by atoms with E-state index < -0.39 is 27.1 Å². The second kappa shape index (κ2) is 6.80. The highest BCUT2D eigenvalue weighted by Crippen LogP contribution is 2.59. The first kappa shape index (κ1) is 19.6. The summed E-state index contributed by atoms with van der Waals surface area (Å²) < 4.78 is 22.7. The van der Waals surface area contributed by atoms with E-state index in [-0.39, 0.29) is 33.9 Å². The van der Waals surface area contributed by atoms with Crippen molar-refractivity contribution in [1.29, 1.82) is 0 Å². The number of fused-ring (bicyclic) bond motifs is 2.